The molecule has 3 nitrogen and oxygen atoms in total. The first-order valence-electron chi connectivity index (χ1n) is 6.70. The summed E-state index contributed by atoms with van der Waals surface area (Å²) in [7, 11) is 0. The largest absolute Gasteiger partial charge is 0.306 e. The highest BCUT2D eigenvalue weighted by Gasteiger charge is 2.20. The van der Waals surface area contributed by atoms with Crippen LogP contribution in [0.15, 0.2) is 29.1 Å². The lowest BCUT2D eigenvalue weighted by atomic mass is 10.0. The van der Waals surface area contributed by atoms with Crippen LogP contribution in [0.2, 0.25) is 10.0 Å². The van der Waals surface area contributed by atoms with Crippen LogP contribution in [0.3, 0.4) is 0 Å². The summed E-state index contributed by atoms with van der Waals surface area (Å²) >= 11 is 12.1. The molecule has 1 aliphatic rings. The van der Waals surface area contributed by atoms with Crippen molar-refractivity contribution in [3.05, 3.63) is 50.4 Å². The molecule has 1 heterocycles. The SMILES string of the molecule is O=c1cc(C2CCCC2)nc(-c2ccc(Cl)cc2Cl)[nH]1. The molecule has 0 bridgehead atoms. The Morgan fingerprint density at radius 2 is 1.90 bits per heavy atom. The maximum Gasteiger partial charge on any atom is 0.251 e. The van der Waals surface area contributed by atoms with Crippen molar-refractivity contribution in [2.24, 2.45) is 0 Å². The Kier molecular flexibility index (Phi) is 3.81. The van der Waals surface area contributed by atoms with Crippen molar-refractivity contribution in [2.75, 3.05) is 0 Å². The zero-order chi connectivity index (χ0) is 14.1. The highest BCUT2D eigenvalue weighted by molar-refractivity contribution is 6.36. The number of aromatic amines is 1. The summed E-state index contributed by atoms with van der Waals surface area (Å²) in [6.45, 7) is 0. The van der Waals surface area contributed by atoms with Crippen molar-refractivity contribution < 1.29 is 0 Å². The Bertz CT molecular complexity index is 691. The maximum atomic E-state index is 11.9. The van der Waals surface area contributed by atoms with Gasteiger partial charge in [-0.3, -0.25) is 4.79 Å². The second-order valence-electron chi connectivity index (χ2n) is 5.12. The molecule has 3 rings (SSSR count). The molecule has 0 radical (unpaired) electrons. The number of nitrogens with zero attached hydrogens (tertiary/aromatic N) is 1. The topological polar surface area (TPSA) is 45.8 Å². The van der Waals surface area contributed by atoms with Crippen molar-refractivity contribution in [1.29, 1.82) is 0 Å². The molecule has 0 aliphatic heterocycles. The summed E-state index contributed by atoms with van der Waals surface area (Å²) in [5.74, 6) is 0.906. The molecule has 1 N–H and O–H groups in total. The number of hydrogen-bond acceptors (Lipinski definition) is 2. The normalized spacial score (nSPS) is 15.7. The van der Waals surface area contributed by atoms with E-state index in [0.29, 0.717) is 27.4 Å². The lowest BCUT2D eigenvalue weighted by Crippen LogP contribution is -2.12. The Labute approximate surface area is 127 Å². The van der Waals surface area contributed by atoms with Crippen LogP contribution in [0, 0.1) is 0 Å². The molecular weight excluding hydrogens is 295 g/mol. The van der Waals surface area contributed by atoms with Gasteiger partial charge >= 0.3 is 0 Å². The fraction of sp³-hybridized carbons (Fsp3) is 0.333. The predicted octanol–water partition coefficient (Wildman–Crippen LogP) is 4.40. The molecule has 0 amide bonds. The van der Waals surface area contributed by atoms with Gasteiger partial charge in [0, 0.05) is 22.6 Å². The minimum atomic E-state index is -0.136. The smallest absolute Gasteiger partial charge is 0.251 e. The van der Waals surface area contributed by atoms with Gasteiger partial charge < -0.3 is 4.98 Å². The van der Waals surface area contributed by atoms with E-state index < -0.39 is 0 Å². The van der Waals surface area contributed by atoms with Gasteiger partial charge in [0.05, 0.1) is 10.7 Å². The molecule has 1 aliphatic carbocycles. The first-order valence-corrected chi connectivity index (χ1v) is 7.46. The number of nitrogens with one attached hydrogen (secondary N) is 1. The van der Waals surface area contributed by atoms with E-state index >= 15 is 0 Å². The molecule has 1 saturated carbocycles. The quantitative estimate of drug-likeness (QED) is 0.893. The van der Waals surface area contributed by atoms with Crippen LogP contribution in [-0.2, 0) is 0 Å². The van der Waals surface area contributed by atoms with Gasteiger partial charge in [-0.2, -0.15) is 0 Å². The molecular formula is C15H14Cl2N2O. The summed E-state index contributed by atoms with van der Waals surface area (Å²) in [5.41, 5.74) is 1.43. The number of H-pyrrole nitrogens is 1. The van der Waals surface area contributed by atoms with Crippen LogP contribution < -0.4 is 5.56 Å². The summed E-state index contributed by atoms with van der Waals surface area (Å²) < 4.78 is 0. The van der Waals surface area contributed by atoms with E-state index in [1.807, 2.05) is 0 Å². The van der Waals surface area contributed by atoms with Crippen molar-refractivity contribution in [2.45, 2.75) is 31.6 Å². The number of benzene rings is 1. The highest BCUT2D eigenvalue weighted by atomic mass is 35.5. The monoisotopic (exact) mass is 308 g/mol. The zero-order valence-corrected chi connectivity index (χ0v) is 12.3. The number of rotatable bonds is 2. The minimum Gasteiger partial charge on any atom is -0.306 e. The van der Waals surface area contributed by atoms with Crippen LogP contribution in [0.5, 0.6) is 0 Å². The molecule has 0 spiro atoms. The molecule has 0 atom stereocenters. The molecule has 5 heteroatoms. The molecule has 1 fully saturated rings. The van der Waals surface area contributed by atoms with Gasteiger partial charge in [-0.05, 0) is 31.0 Å². The second-order valence-corrected chi connectivity index (χ2v) is 5.97. The van der Waals surface area contributed by atoms with Crippen molar-refractivity contribution >= 4 is 23.2 Å². The van der Waals surface area contributed by atoms with E-state index in [-0.39, 0.29) is 5.56 Å². The number of aromatic nitrogens is 2. The van der Waals surface area contributed by atoms with Crippen molar-refractivity contribution in [3.8, 4) is 11.4 Å². The van der Waals surface area contributed by atoms with Gasteiger partial charge in [-0.25, -0.2) is 4.98 Å². The average molecular weight is 309 g/mol. The molecule has 0 unspecified atom stereocenters. The van der Waals surface area contributed by atoms with Crippen molar-refractivity contribution in [3.63, 3.8) is 0 Å². The Morgan fingerprint density at radius 1 is 1.15 bits per heavy atom. The summed E-state index contributed by atoms with van der Waals surface area (Å²) in [6.07, 6.45) is 4.61. The van der Waals surface area contributed by atoms with E-state index in [2.05, 4.69) is 9.97 Å². The summed E-state index contributed by atoms with van der Waals surface area (Å²) in [6, 6.07) is 6.77. The van der Waals surface area contributed by atoms with Gasteiger partial charge in [-0.1, -0.05) is 36.0 Å². The lowest BCUT2D eigenvalue weighted by Gasteiger charge is -2.10. The summed E-state index contributed by atoms with van der Waals surface area (Å²) in [4.78, 5) is 19.2. The van der Waals surface area contributed by atoms with Gasteiger partial charge in [-0.15, -0.1) is 0 Å². The molecule has 1 aromatic carbocycles. The van der Waals surface area contributed by atoms with Gasteiger partial charge in [0.1, 0.15) is 5.82 Å². The van der Waals surface area contributed by atoms with Crippen LogP contribution >= 0.6 is 23.2 Å². The van der Waals surface area contributed by atoms with Gasteiger partial charge in [0.25, 0.3) is 5.56 Å². The van der Waals surface area contributed by atoms with E-state index in [9.17, 15) is 4.79 Å². The Balaban J connectivity index is 2.07. The van der Waals surface area contributed by atoms with Crippen LogP contribution in [0.25, 0.3) is 11.4 Å². The third kappa shape index (κ3) is 2.74. The van der Waals surface area contributed by atoms with E-state index in [1.165, 1.54) is 12.8 Å². The molecule has 20 heavy (non-hydrogen) atoms. The van der Waals surface area contributed by atoms with E-state index in [0.717, 1.165) is 18.5 Å². The average Bonchev–Trinajstić information content (AvgIpc) is 2.91. The number of hydrogen-bond donors (Lipinski definition) is 1. The highest BCUT2D eigenvalue weighted by Crippen LogP contribution is 2.34. The maximum absolute atomic E-state index is 11.9. The molecule has 104 valence electrons. The fourth-order valence-electron chi connectivity index (χ4n) is 2.72. The molecule has 1 aromatic heterocycles. The van der Waals surface area contributed by atoms with Gasteiger partial charge in [0.2, 0.25) is 0 Å². The Morgan fingerprint density at radius 3 is 2.60 bits per heavy atom. The molecule has 2 aromatic rings. The zero-order valence-electron chi connectivity index (χ0n) is 10.8. The first-order chi connectivity index (χ1) is 9.63. The fourth-order valence-corrected chi connectivity index (χ4v) is 3.21. The van der Waals surface area contributed by atoms with E-state index in [1.54, 1.807) is 24.3 Å². The third-order valence-electron chi connectivity index (χ3n) is 3.72. The van der Waals surface area contributed by atoms with Crippen LogP contribution in [0.4, 0.5) is 0 Å². The standard InChI is InChI=1S/C15H14Cl2N2O/c16-10-5-6-11(12(17)7-10)15-18-13(8-14(20)19-15)9-3-1-2-4-9/h5-9H,1-4H2,(H,18,19,20). The lowest BCUT2D eigenvalue weighted by molar-refractivity contribution is 0.693. The van der Waals surface area contributed by atoms with Crippen LogP contribution in [-0.4, -0.2) is 9.97 Å². The minimum absolute atomic E-state index is 0.136. The molecule has 0 saturated heterocycles. The van der Waals surface area contributed by atoms with Gasteiger partial charge in [0.15, 0.2) is 0 Å². The second kappa shape index (κ2) is 5.58. The third-order valence-corrected chi connectivity index (χ3v) is 4.27. The van der Waals surface area contributed by atoms with Crippen LogP contribution in [0.1, 0.15) is 37.3 Å². The Hall–Kier alpha value is -1.32. The van der Waals surface area contributed by atoms with Crippen molar-refractivity contribution in [1.82, 2.24) is 9.97 Å². The van der Waals surface area contributed by atoms with E-state index in [4.69, 9.17) is 23.2 Å². The first kappa shape index (κ1) is 13.7. The predicted molar refractivity (Wildman–Crippen MR) is 81.5 cm³/mol. The number of halogens is 2. The summed E-state index contributed by atoms with van der Waals surface area (Å²) in [5, 5.41) is 1.05.